The molecular weight excluding hydrogens is 342 g/mol. The lowest BCUT2D eigenvalue weighted by Crippen LogP contribution is -2.41. The molecular formula is C21H29N3O3. The van der Waals surface area contributed by atoms with Gasteiger partial charge in [-0.15, -0.1) is 0 Å². The number of nitrogens with one attached hydrogen (secondary N) is 1. The topological polar surface area (TPSA) is 63.7 Å². The van der Waals surface area contributed by atoms with Gasteiger partial charge < -0.3 is 19.7 Å². The van der Waals surface area contributed by atoms with E-state index in [4.69, 9.17) is 9.47 Å². The van der Waals surface area contributed by atoms with Crippen molar-refractivity contribution in [2.45, 2.75) is 44.6 Å². The molecule has 6 heteroatoms. The molecule has 0 radical (unpaired) electrons. The molecule has 27 heavy (non-hydrogen) atoms. The molecule has 0 aromatic carbocycles. The minimum absolute atomic E-state index is 0.152. The number of hydrogen-bond acceptors (Lipinski definition) is 5. The Morgan fingerprint density at radius 2 is 2.15 bits per heavy atom. The van der Waals surface area contributed by atoms with Gasteiger partial charge in [-0.3, -0.25) is 4.98 Å². The van der Waals surface area contributed by atoms with Crippen molar-refractivity contribution in [1.29, 1.82) is 0 Å². The molecule has 3 aliphatic rings. The lowest BCUT2D eigenvalue weighted by Gasteiger charge is -2.32. The molecule has 0 atom stereocenters. The summed E-state index contributed by atoms with van der Waals surface area (Å²) >= 11 is 0. The van der Waals surface area contributed by atoms with Gasteiger partial charge in [0.1, 0.15) is 11.4 Å². The van der Waals surface area contributed by atoms with E-state index < -0.39 is 0 Å². The summed E-state index contributed by atoms with van der Waals surface area (Å²) in [4.78, 5) is 18.5. The van der Waals surface area contributed by atoms with Crippen molar-refractivity contribution in [2.24, 2.45) is 5.92 Å². The van der Waals surface area contributed by atoms with Crippen molar-refractivity contribution >= 4 is 11.7 Å². The van der Waals surface area contributed by atoms with Crippen LogP contribution in [-0.2, 0) is 4.74 Å². The number of carbonyl (C=O) groups is 1. The molecule has 3 heterocycles. The first-order valence-corrected chi connectivity index (χ1v) is 10.1. The Kier molecular flexibility index (Phi) is 5.34. The number of ether oxygens (including phenoxy) is 2. The fraction of sp³-hybridized carbons (Fsp3) is 0.619. The number of rotatable bonds is 5. The highest BCUT2D eigenvalue weighted by Gasteiger charge is 2.43. The Labute approximate surface area is 160 Å². The summed E-state index contributed by atoms with van der Waals surface area (Å²) in [6.45, 7) is 6.11. The molecule has 0 unspecified atom stereocenters. The number of carbonyl (C=O) groups excluding carboxylic acids is 1. The van der Waals surface area contributed by atoms with Gasteiger partial charge >= 0.3 is 6.09 Å². The quantitative estimate of drug-likeness (QED) is 0.861. The van der Waals surface area contributed by atoms with Crippen LogP contribution < -0.4 is 10.1 Å². The number of likely N-dealkylation sites (tertiary alicyclic amines) is 1. The average Bonchev–Trinajstić information content (AvgIpc) is 3.44. The van der Waals surface area contributed by atoms with Crippen LogP contribution >= 0.6 is 0 Å². The summed E-state index contributed by atoms with van der Waals surface area (Å²) in [5.41, 5.74) is 2.15. The molecule has 1 N–H and O–H groups in total. The van der Waals surface area contributed by atoms with Crippen molar-refractivity contribution in [3.63, 3.8) is 0 Å². The number of aromatic nitrogens is 1. The summed E-state index contributed by atoms with van der Waals surface area (Å²) in [5, 5.41) is 3.32. The summed E-state index contributed by atoms with van der Waals surface area (Å²) in [6, 6.07) is 4.05. The largest absolute Gasteiger partial charge is 0.492 e. The highest BCUT2D eigenvalue weighted by molar-refractivity contribution is 5.68. The van der Waals surface area contributed by atoms with Crippen molar-refractivity contribution in [1.82, 2.24) is 15.2 Å². The van der Waals surface area contributed by atoms with E-state index in [1.165, 1.54) is 5.57 Å². The van der Waals surface area contributed by atoms with Gasteiger partial charge in [-0.25, -0.2) is 4.79 Å². The van der Waals surface area contributed by atoms with Gasteiger partial charge in [0, 0.05) is 19.6 Å². The third kappa shape index (κ3) is 4.80. The van der Waals surface area contributed by atoms with Crippen LogP contribution in [0.4, 0.5) is 4.79 Å². The molecule has 4 rings (SSSR count). The minimum Gasteiger partial charge on any atom is -0.492 e. The Morgan fingerprint density at radius 1 is 1.33 bits per heavy atom. The standard InChI is InChI=1S/C21H29N3O3/c1-21(8-9-21)27-20(25)24-12-6-16(7-13-24)15-26-18-2-3-19(23-14-18)17-4-10-22-11-5-17/h2-4,14,16,22H,5-13,15H2,1H3. The molecule has 1 aromatic heterocycles. The molecule has 0 spiro atoms. The van der Waals surface area contributed by atoms with E-state index >= 15 is 0 Å². The number of nitrogens with zero attached hydrogens (tertiary/aromatic N) is 2. The van der Waals surface area contributed by atoms with Crippen LogP contribution in [0.5, 0.6) is 5.75 Å². The van der Waals surface area contributed by atoms with E-state index in [0.29, 0.717) is 12.5 Å². The second-order valence-electron chi connectivity index (χ2n) is 8.12. The molecule has 1 aromatic rings. The van der Waals surface area contributed by atoms with Crippen molar-refractivity contribution in [3.05, 3.63) is 30.1 Å². The molecule has 6 nitrogen and oxygen atoms in total. The van der Waals surface area contributed by atoms with Gasteiger partial charge in [0.15, 0.2) is 0 Å². The number of pyridine rings is 1. The fourth-order valence-electron chi connectivity index (χ4n) is 3.56. The van der Waals surface area contributed by atoms with Gasteiger partial charge in [0.2, 0.25) is 0 Å². The second-order valence-corrected chi connectivity index (χ2v) is 8.12. The SMILES string of the molecule is CC1(OC(=O)N2CCC(COc3ccc(C4=CCNCC4)nc3)CC2)CC1. The van der Waals surface area contributed by atoms with Crippen molar-refractivity contribution in [3.8, 4) is 5.75 Å². The predicted molar refractivity (Wildman–Crippen MR) is 104 cm³/mol. The molecule has 1 saturated carbocycles. The van der Waals surface area contributed by atoms with Gasteiger partial charge in [-0.2, -0.15) is 0 Å². The van der Waals surface area contributed by atoms with Gasteiger partial charge in [0.05, 0.1) is 18.5 Å². The molecule has 1 saturated heterocycles. The number of amides is 1. The van der Waals surface area contributed by atoms with E-state index in [0.717, 1.165) is 69.7 Å². The maximum atomic E-state index is 12.2. The zero-order valence-corrected chi connectivity index (χ0v) is 16.1. The lowest BCUT2D eigenvalue weighted by molar-refractivity contribution is 0.0456. The van der Waals surface area contributed by atoms with Gasteiger partial charge in [-0.1, -0.05) is 6.08 Å². The molecule has 2 aliphatic heterocycles. The first-order chi connectivity index (χ1) is 13.1. The first kappa shape index (κ1) is 18.3. The average molecular weight is 371 g/mol. The van der Waals surface area contributed by atoms with Crippen LogP contribution in [0.25, 0.3) is 5.57 Å². The highest BCUT2D eigenvalue weighted by atomic mass is 16.6. The molecule has 1 aliphatic carbocycles. The summed E-state index contributed by atoms with van der Waals surface area (Å²) in [6.07, 6.45) is 8.78. The first-order valence-electron chi connectivity index (χ1n) is 10.1. The van der Waals surface area contributed by atoms with E-state index in [1.807, 2.05) is 30.2 Å². The zero-order chi connectivity index (χ0) is 18.7. The highest BCUT2D eigenvalue weighted by Crippen LogP contribution is 2.39. The van der Waals surface area contributed by atoms with Crippen LogP contribution in [0, 0.1) is 5.92 Å². The van der Waals surface area contributed by atoms with Crippen LogP contribution in [0.3, 0.4) is 0 Å². The van der Waals surface area contributed by atoms with E-state index in [1.54, 1.807) is 0 Å². The Hall–Kier alpha value is -2.08. The third-order valence-electron chi connectivity index (χ3n) is 5.78. The van der Waals surface area contributed by atoms with Crippen LogP contribution in [0.2, 0.25) is 0 Å². The van der Waals surface area contributed by atoms with Crippen molar-refractivity contribution in [2.75, 3.05) is 32.8 Å². The van der Waals surface area contributed by atoms with Gasteiger partial charge in [0.25, 0.3) is 0 Å². The summed E-state index contributed by atoms with van der Waals surface area (Å²) in [7, 11) is 0. The maximum Gasteiger partial charge on any atom is 0.410 e. The fourth-order valence-corrected chi connectivity index (χ4v) is 3.56. The Balaban J connectivity index is 1.20. The van der Waals surface area contributed by atoms with Crippen molar-refractivity contribution < 1.29 is 14.3 Å². The monoisotopic (exact) mass is 371 g/mol. The van der Waals surface area contributed by atoms with E-state index in [-0.39, 0.29) is 11.7 Å². The predicted octanol–water partition coefficient (Wildman–Crippen LogP) is 3.24. The molecule has 1 amide bonds. The van der Waals surface area contributed by atoms with Crippen LogP contribution in [0.15, 0.2) is 24.4 Å². The van der Waals surface area contributed by atoms with E-state index in [9.17, 15) is 4.79 Å². The van der Waals surface area contributed by atoms with Crippen LogP contribution in [0.1, 0.15) is 44.7 Å². The Bertz CT molecular complexity index is 689. The second kappa shape index (κ2) is 7.89. The van der Waals surface area contributed by atoms with Gasteiger partial charge in [-0.05, 0) is 69.2 Å². The third-order valence-corrected chi connectivity index (χ3v) is 5.78. The molecule has 0 bridgehead atoms. The normalized spacial score (nSPS) is 22.1. The molecule has 146 valence electrons. The van der Waals surface area contributed by atoms with Crippen LogP contribution in [-0.4, -0.2) is 54.4 Å². The number of hydrogen-bond donors (Lipinski definition) is 1. The minimum atomic E-state index is -0.194. The Morgan fingerprint density at radius 3 is 2.78 bits per heavy atom. The van der Waals surface area contributed by atoms with E-state index in [2.05, 4.69) is 16.4 Å². The number of piperidine rings is 1. The zero-order valence-electron chi connectivity index (χ0n) is 16.1. The molecule has 2 fully saturated rings. The smallest absolute Gasteiger partial charge is 0.410 e. The summed E-state index contributed by atoms with van der Waals surface area (Å²) < 4.78 is 11.5. The summed E-state index contributed by atoms with van der Waals surface area (Å²) in [5.74, 6) is 1.29. The maximum absolute atomic E-state index is 12.2. The lowest BCUT2D eigenvalue weighted by atomic mass is 9.98.